The van der Waals surface area contributed by atoms with E-state index in [1.54, 1.807) is 0 Å². The van der Waals surface area contributed by atoms with Crippen molar-refractivity contribution in [3.05, 3.63) is 35.9 Å². The second-order valence-corrected chi connectivity index (χ2v) is 5.58. The Labute approximate surface area is 139 Å². The molecule has 0 spiro atoms. The molecule has 0 aromatic heterocycles. The van der Waals surface area contributed by atoms with E-state index in [1.165, 1.54) is 5.56 Å². The van der Waals surface area contributed by atoms with Crippen molar-refractivity contribution >= 4 is 18.3 Å². The second-order valence-electron chi connectivity index (χ2n) is 5.58. The van der Waals surface area contributed by atoms with Gasteiger partial charge in [-0.3, -0.25) is 4.79 Å². The van der Waals surface area contributed by atoms with Gasteiger partial charge in [0, 0.05) is 19.1 Å². The maximum atomic E-state index is 12.2. The van der Waals surface area contributed by atoms with Crippen molar-refractivity contribution in [2.75, 3.05) is 19.7 Å². The van der Waals surface area contributed by atoms with E-state index in [-0.39, 0.29) is 30.5 Å². The maximum Gasteiger partial charge on any atom is 0.250 e. The van der Waals surface area contributed by atoms with E-state index in [0.717, 1.165) is 32.2 Å². The molecule has 1 fully saturated rings. The van der Waals surface area contributed by atoms with Gasteiger partial charge in [-0.15, -0.1) is 12.4 Å². The lowest BCUT2D eigenvalue weighted by atomic mass is 10.0. The van der Waals surface area contributed by atoms with Crippen LogP contribution in [0.5, 0.6) is 0 Å². The summed E-state index contributed by atoms with van der Waals surface area (Å²) in [5.74, 6) is 0.0220. The van der Waals surface area contributed by atoms with Gasteiger partial charge in [-0.25, -0.2) is 0 Å². The Hall–Kier alpha value is -1.10. The lowest BCUT2D eigenvalue weighted by Gasteiger charge is -2.26. The van der Waals surface area contributed by atoms with E-state index in [9.17, 15) is 4.79 Å². The van der Waals surface area contributed by atoms with Crippen LogP contribution in [0.15, 0.2) is 30.3 Å². The Bertz CT molecular complexity index is 422. The first-order valence-electron chi connectivity index (χ1n) is 7.96. The molecule has 1 aromatic rings. The van der Waals surface area contributed by atoms with E-state index in [1.807, 2.05) is 6.07 Å². The molecule has 1 aliphatic rings. The molecular weight excluding hydrogens is 300 g/mol. The summed E-state index contributed by atoms with van der Waals surface area (Å²) in [7, 11) is 0. The van der Waals surface area contributed by atoms with Crippen LogP contribution in [-0.2, 0) is 16.0 Å². The smallest absolute Gasteiger partial charge is 0.250 e. The Kier molecular flexibility index (Phi) is 9.13. The average molecular weight is 327 g/mol. The first-order chi connectivity index (χ1) is 10.3. The standard InChI is InChI=1S/C17H26N2O2.ClH/c1-2-6-15(10-9-14-7-4-3-5-8-14)19-17(20)16-13-18-11-12-21-16;/h3-5,7-8,15-16,18H,2,6,9-13H2,1H3,(H,19,20);1H. The molecule has 22 heavy (non-hydrogen) atoms. The van der Waals surface area contributed by atoms with Gasteiger partial charge >= 0.3 is 0 Å². The molecule has 0 saturated carbocycles. The molecular formula is C17H27ClN2O2. The number of ether oxygens (including phenoxy) is 1. The third kappa shape index (κ3) is 6.34. The fourth-order valence-electron chi connectivity index (χ4n) is 2.65. The predicted octanol–water partition coefficient (Wildman–Crippen LogP) is 2.31. The first-order valence-corrected chi connectivity index (χ1v) is 7.96. The van der Waals surface area contributed by atoms with Crippen LogP contribution in [-0.4, -0.2) is 37.7 Å². The molecule has 1 aliphatic heterocycles. The number of nitrogens with one attached hydrogen (secondary N) is 2. The van der Waals surface area contributed by atoms with Crippen LogP contribution in [0, 0.1) is 0 Å². The summed E-state index contributed by atoms with van der Waals surface area (Å²) in [4.78, 5) is 12.2. The lowest BCUT2D eigenvalue weighted by molar-refractivity contribution is -0.135. The zero-order chi connectivity index (χ0) is 14.9. The van der Waals surface area contributed by atoms with Gasteiger partial charge in [-0.2, -0.15) is 0 Å². The zero-order valence-corrected chi connectivity index (χ0v) is 14.0. The van der Waals surface area contributed by atoms with Crippen molar-refractivity contribution in [1.29, 1.82) is 0 Å². The van der Waals surface area contributed by atoms with E-state index in [4.69, 9.17) is 4.74 Å². The molecule has 2 atom stereocenters. The summed E-state index contributed by atoms with van der Waals surface area (Å²) >= 11 is 0. The second kappa shape index (κ2) is 10.6. The molecule has 124 valence electrons. The molecule has 2 N–H and O–H groups in total. The topological polar surface area (TPSA) is 50.4 Å². The van der Waals surface area contributed by atoms with Gasteiger partial charge < -0.3 is 15.4 Å². The van der Waals surface area contributed by atoms with Gasteiger partial charge in [-0.05, 0) is 24.8 Å². The minimum Gasteiger partial charge on any atom is -0.366 e. The van der Waals surface area contributed by atoms with Gasteiger partial charge in [0.25, 0.3) is 5.91 Å². The maximum absolute atomic E-state index is 12.2. The fourth-order valence-corrected chi connectivity index (χ4v) is 2.65. The molecule has 1 amide bonds. The first kappa shape index (κ1) is 18.9. The van der Waals surface area contributed by atoms with Gasteiger partial charge in [0.15, 0.2) is 0 Å². The Morgan fingerprint density at radius 3 is 2.77 bits per heavy atom. The number of amides is 1. The minimum absolute atomic E-state index is 0. The van der Waals surface area contributed by atoms with Crippen LogP contribution >= 0.6 is 12.4 Å². The molecule has 2 unspecified atom stereocenters. The number of rotatable bonds is 7. The Balaban J connectivity index is 0.00000242. The van der Waals surface area contributed by atoms with Crippen molar-refractivity contribution in [3.8, 4) is 0 Å². The fraction of sp³-hybridized carbons (Fsp3) is 0.588. The van der Waals surface area contributed by atoms with Crippen LogP contribution in [0.2, 0.25) is 0 Å². The van der Waals surface area contributed by atoms with Crippen molar-refractivity contribution < 1.29 is 9.53 Å². The number of aryl methyl sites for hydroxylation is 1. The van der Waals surface area contributed by atoms with Gasteiger partial charge in [0.2, 0.25) is 0 Å². The van der Waals surface area contributed by atoms with E-state index < -0.39 is 0 Å². The summed E-state index contributed by atoms with van der Waals surface area (Å²) in [5.41, 5.74) is 1.32. The molecule has 4 nitrogen and oxygen atoms in total. The highest BCUT2D eigenvalue weighted by Gasteiger charge is 2.23. The number of morpholine rings is 1. The molecule has 2 rings (SSSR count). The van der Waals surface area contributed by atoms with Crippen molar-refractivity contribution in [2.45, 2.75) is 44.8 Å². The quantitative estimate of drug-likeness (QED) is 0.808. The molecule has 1 heterocycles. The van der Waals surface area contributed by atoms with Gasteiger partial charge in [0.05, 0.1) is 6.61 Å². The molecule has 0 bridgehead atoms. The van der Waals surface area contributed by atoms with Crippen LogP contribution < -0.4 is 10.6 Å². The van der Waals surface area contributed by atoms with Gasteiger partial charge in [0.1, 0.15) is 6.10 Å². The minimum atomic E-state index is -0.338. The Morgan fingerprint density at radius 1 is 1.36 bits per heavy atom. The van der Waals surface area contributed by atoms with Crippen molar-refractivity contribution in [1.82, 2.24) is 10.6 Å². The van der Waals surface area contributed by atoms with E-state index in [0.29, 0.717) is 13.2 Å². The van der Waals surface area contributed by atoms with Crippen LogP contribution in [0.4, 0.5) is 0 Å². The average Bonchev–Trinajstić information content (AvgIpc) is 2.54. The van der Waals surface area contributed by atoms with Crippen LogP contribution in [0.3, 0.4) is 0 Å². The normalized spacial score (nSPS) is 19.0. The number of halogens is 1. The highest BCUT2D eigenvalue weighted by Crippen LogP contribution is 2.09. The largest absolute Gasteiger partial charge is 0.366 e. The van der Waals surface area contributed by atoms with Crippen LogP contribution in [0.1, 0.15) is 31.7 Å². The van der Waals surface area contributed by atoms with E-state index in [2.05, 4.69) is 41.8 Å². The molecule has 0 radical (unpaired) electrons. The zero-order valence-electron chi connectivity index (χ0n) is 13.2. The van der Waals surface area contributed by atoms with E-state index >= 15 is 0 Å². The lowest BCUT2D eigenvalue weighted by Crippen LogP contribution is -2.50. The highest BCUT2D eigenvalue weighted by atomic mass is 35.5. The molecule has 5 heteroatoms. The molecule has 1 saturated heterocycles. The Morgan fingerprint density at radius 2 is 2.14 bits per heavy atom. The van der Waals surface area contributed by atoms with Crippen molar-refractivity contribution in [3.63, 3.8) is 0 Å². The number of carbonyl (C=O) groups excluding carboxylic acids is 1. The number of carbonyl (C=O) groups is 1. The van der Waals surface area contributed by atoms with Gasteiger partial charge in [-0.1, -0.05) is 43.7 Å². The summed E-state index contributed by atoms with van der Waals surface area (Å²) in [5, 5.41) is 6.35. The number of hydrogen-bond acceptors (Lipinski definition) is 3. The number of hydrogen-bond donors (Lipinski definition) is 2. The monoisotopic (exact) mass is 326 g/mol. The third-order valence-electron chi connectivity index (χ3n) is 3.83. The third-order valence-corrected chi connectivity index (χ3v) is 3.83. The summed E-state index contributed by atoms with van der Waals surface area (Å²) < 4.78 is 5.51. The highest BCUT2D eigenvalue weighted by molar-refractivity contribution is 5.85. The van der Waals surface area contributed by atoms with Crippen LogP contribution in [0.25, 0.3) is 0 Å². The molecule has 0 aliphatic carbocycles. The molecule has 1 aromatic carbocycles. The summed E-state index contributed by atoms with van der Waals surface area (Å²) in [6, 6.07) is 10.7. The summed E-state index contributed by atoms with van der Waals surface area (Å²) in [6.07, 6.45) is 3.72. The summed E-state index contributed by atoms with van der Waals surface area (Å²) in [6.45, 7) is 4.21. The number of benzene rings is 1. The predicted molar refractivity (Wildman–Crippen MR) is 91.5 cm³/mol. The SMILES string of the molecule is CCCC(CCc1ccccc1)NC(=O)C1CNCCO1.Cl. The van der Waals surface area contributed by atoms with Crippen molar-refractivity contribution in [2.24, 2.45) is 0 Å².